The van der Waals surface area contributed by atoms with Crippen molar-refractivity contribution in [1.29, 1.82) is 0 Å². The van der Waals surface area contributed by atoms with Crippen LogP contribution in [0.2, 0.25) is 0 Å². The molecular formula is C23H23N3O3. The van der Waals surface area contributed by atoms with Crippen molar-refractivity contribution in [2.24, 2.45) is 5.92 Å². The van der Waals surface area contributed by atoms with E-state index in [1.54, 1.807) is 11.0 Å². The summed E-state index contributed by atoms with van der Waals surface area (Å²) in [7, 11) is 1.36. The molecule has 3 aromatic rings. The summed E-state index contributed by atoms with van der Waals surface area (Å²) in [6.07, 6.45) is 1.13. The second kappa shape index (κ2) is 8.31. The number of nitrogens with one attached hydrogen (secondary N) is 1. The van der Waals surface area contributed by atoms with Crippen LogP contribution in [0.25, 0.3) is 22.0 Å². The highest BCUT2D eigenvalue weighted by molar-refractivity contribution is 5.92. The summed E-state index contributed by atoms with van der Waals surface area (Å²) in [6, 6.07) is 20.0. The van der Waals surface area contributed by atoms with Gasteiger partial charge in [0.25, 0.3) is 0 Å². The lowest BCUT2D eigenvalue weighted by Crippen LogP contribution is -2.43. The number of rotatable bonds is 3. The summed E-state index contributed by atoms with van der Waals surface area (Å²) < 4.78 is 4.77. The second-order valence-corrected chi connectivity index (χ2v) is 7.21. The largest absolute Gasteiger partial charge is 0.453 e. The molecule has 0 aliphatic carbocycles. The number of fused-ring (bicyclic) bond motifs is 1. The predicted octanol–water partition coefficient (Wildman–Crippen LogP) is 4.32. The van der Waals surface area contributed by atoms with Crippen LogP contribution in [-0.2, 0) is 9.53 Å². The minimum atomic E-state index is -0.390. The lowest BCUT2D eigenvalue weighted by Gasteiger charge is -2.30. The first-order valence-electron chi connectivity index (χ1n) is 9.74. The van der Waals surface area contributed by atoms with Gasteiger partial charge in [-0.2, -0.15) is 0 Å². The highest BCUT2D eigenvalue weighted by atomic mass is 16.5. The van der Waals surface area contributed by atoms with Gasteiger partial charge in [-0.3, -0.25) is 4.79 Å². The number of aromatic nitrogens is 1. The summed E-state index contributed by atoms with van der Waals surface area (Å²) in [4.78, 5) is 30.7. The molecule has 0 radical (unpaired) electrons. The van der Waals surface area contributed by atoms with Crippen molar-refractivity contribution >= 4 is 28.6 Å². The normalized spacial score (nSPS) is 16.4. The Balaban J connectivity index is 1.49. The zero-order valence-corrected chi connectivity index (χ0v) is 16.3. The molecule has 1 aliphatic heterocycles. The fourth-order valence-corrected chi connectivity index (χ4v) is 3.73. The van der Waals surface area contributed by atoms with Gasteiger partial charge >= 0.3 is 6.09 Å². The lowest BCUT2D eigenvalue weighted by atomic mass is 9.97. The number of carbonyl (C=O) groups is 2. The molecule has 1 N–H and O–H groups in total. The molecule has 1 saturated heterocycles. The van der Waals surface area contributed by atoms with E-state index < -0.39 is 0 Å². The number of piperidine rings is 1. The van der Waals surface area contributed by atoms with Crippen molar-refractivity contribution in [2.45, 2.75) is 12.8 Å². The maximum Gasteiger partial charge on any atom is 0.409 e. The van der Waals surface area contributed by atoms with E-state index in [4.69, 9.17) is 4.74 Å². The molecular weight excluding hydrogens is 366 g/mol. The first kappa shape index (κ1) is 18.9. The number of amides is 2. The van der Waals surface area contributed by atoms with Crippen LogP contribution < -0.4 is 5.32 Å². The molecule has 6 nitrogen and oxygen atoms in total. The van der Waals surface area contributed by atoms with E-state index in [1.165, 1.54) is 12.5 Å². The van der Waals surface area contributed by atoms with E-state index in [0.717, 1.165) is 29.5 Å². The van der Waals surface area contributed by atoms with Crippen molar-refractivity contribution < 1.29 is 14.3 Å². The van der Waals surface area contributed by atoms with Crippen molar-refractivity contribution in [3.05, 3.63) is 60.7 Å². The maximum absolute atomic E-state index is 12.7. The molecule has 0 saturated carbocycles. The fourth-order valence-electron chi connectivity index (χ4n) is 3.73. The predicted molar refractivity (Wildman–Crippen MR) is 113 cm³/mol. The first-order chi connectivity index (χ1) is 14.1. The lowest BCUT2D eigenvalue weighted by molar-refractivity contribution is -0.121. The number of carbonyl (C=O) groups excluding carboxylic acids is 2. The molecule has 0 spiro atoms. The Morgan fingerprint density at radius 1 is 1.07 bits per heavy atom. The Morgan fingerprint density at radius 3 is 2.72 bits per heavy atom. The topological polar surface area (TPSA) is 71.5 Å². The number of pyridine rings is 1. The molecule has 2 heterocycles. The van der Waals surface area contributed by atoms with Crippen LogP contribution in [0.4, 0.5) is 10.6 Å². The standard InChI is InChI=1S/C23H23N3O3/c1-29-23(28)26-13-5-8-19(15-26)22(27)25-21-10-4-9-20(24-21)18-12-11-16-6-2-3-7-17(16)14-18/h2-4,6-7,9-12,14,19H,5,8,13,15H2,1H3,(H,24,25,27)/t19-/m0/s1. The average molecular weight is 389 g/mol. The van der Waals surface area contributed by atoms with Gasteiger partial charge in [0.05, 0.1) is 18.7 Å². The monoisotopic (exact) mass is 389 g/mol. The van der Waals surface area contributed by atoms with Crippen molar-refractivity contribution in [3.63, 3.8) is 0 Å². The van der Waals surface area contributed by atoms with E-state index in [0.29, 0.717) is 18.9 Å². The van der Waals surface area contributed by atoms with Crippen molar-refractivity contribution in [1.82, 2.24) is 9.88 Å². The van der Waals surface area contributed by atoms with Crippen molar-refractivity contribution in [3.8, 4) is 11.3 Å². The number of ether oxygens (including phenoxy) is 1. The molecule has 6 heteroatoms. The molecule has 0 bridgehead atoms. The summed E-state index contributed by atoms with van der Waals surface area (Å²) in [5, 5.41) is 5.23. The number of anilines is 1. The van der Waals surface area contributed by atoms with Gasteiger partial charge in [-0.05, 0) is 41.8 Å². The first-order valence-corrected chi connectivity index (χ1v) is 9.74. The number of nitrogens with zero attached hydrogens (tertiary/aromatic N) is 2. The van der Waals surface area contributed by atoms with Crippen LogP contribution in [0.15, 0.2) is 60.7 Å². The quantitative estimate of drug-likeness (QED) is 0.724. The average Bonchev–Trinajstić information content (AvgIpc) is 2.78. The van der Waals surface area contributed by atoms with E-state index in [-0.39, 0.29) is 17.9 Å². The van der Waals surface area contributed by atoms with E-state index in [2.05, 4.69) is 34.6 Å². The highest BCUT2D eigenvalue weighted by Crippen LogP contribution is 2.25. The Labute approximate surface area is 169 Å². The molecule has 148 valence electrons. The third kappa shape index (κ3) is 4.21. The number of methoxy groups -OCH3 is 1. The van der Waals surface area contributed by atoms with Crippen LogP contribution in [0.3, 0.4) is 0 Å². The maximum atomic E-state index is 12.7. The zero-order chi connectivity index (χ0) is 20.2. The van der Waals surface area contributed by atoms with Crippen LogP contribution in [0.1, 0.15) is 12.8 Å². The number of benzene rings is 2. The molecule has 1 aliphatic rings. The van der Waals surface area contributed by atoms with Crippen LogP contribution in [-0.4, -0.2) is 42.1 Å². The van der Waals surface area contributed by atoms with E-state index in [1.807, 2.05) is 30.3 Å². The fraction of sp³-hybridized carbons (Fsp3) is 0.261. The van der Waals surface area contributed by atoms with Crippen molar-refractivity contribution in [2.75, 3.05) is 25.5 Å². The molecule has 1 aromatic heterocycles. The number of hydrogen-bond acceptors (Lipinski definition) is 4. The second-order valence-electron chi connectivity index (χ2n) is 7.21. The third-order valence-corrected chi connectivity index (χ3v) is 5.27. The van der Waals surface area contributed by atoms with Crippen LogP contribution >= 0.6 is 0 Å². The smallest absolute Gasteiger partial charge is 0.409 e. The van der Waals surface area contributed by atoms with Gasteiger partial charge < -0.3 is 15.0 Å². The Bertz CT molecular complexity index is 1050. The minimum absolute atomic E-state index is 0.123. The molecule has 2 amide bonds. The zero-order valence-electron chi connectivity index (χ0n) is 16.3. The van der Waals surface area contributed by atoms with E-state index >= 15 is 0 Å². The summed E-state index contributed by atoms with van der Waals surface area (Å²) in [5.41, 5.74) is 1.79. The van der Waals surface area contributed by atoms with Crippen LogP contribution in [0, 0.1) is 5.92 Å². The van der Waals surface area contributed by atoms with Gasteiger partial charge in [-0.1, -0.05) is 42.5 Å². The SMILES string of the molecule is COC(=O)N1CCC[C@H](C(=O)Nc2cccc(-c3ccc4ccccc4c3)n2)C1. The van der Waals surface area contributed by atoms with E-state index in [9.17, 15) is 9.59 Å². The Kier molecular flexibility index (Phi) is 5.42. The van der Waals surface area contributed by atoms with Gasteiger partial charge in [0.2, 0.25) is 5.91 Å². The van der Waals surface area contributed by atoms with Gasteiger partial charge in [-0.25, -0.2) is 9.78 Å². The molecule has 2 aromatic carbocycles. The summed E-state index contributed by atoms with van der Waals surface area (Å²) in [5.74, 6) is 0.117. The number of likely N-dealkylation sites (tertiary alicyclic amines) is 1. The van der Waals surface area contributed by atoms with Gasteiger partial charge in [0, 0.05) is 18.7 Å². The van der Waals surface area contributed by atoms with Gasteiger partial charge in [-0.15, -0.1) is 0 Å². The number of hydrogen-bond donors (Lipinski definition) is 1. The van der Waals surface area contributed by atoms with Gasteiger partial charge in [0.1, 0.15) is 5.82 Å². The van der Waals surface area contributed by atoms with Crippen LogP contribution in [0.5, 0.6) is 0 Å². The minimum Gasteiger partial charge on any atom is -0.453 e. The summed E-state index contributed by atoms with van der Waals surface area (Å²) >= 11 is 0. The molecule has 29 heavy (non-hydrogen) atoms. The Morgan fingerprint density at radius 2 is 1.90 bits per heavy atom. The van der Waals surface area contributed by atoms with Gasteiger partial charge in [0.15, 0.2) is 0 Å². The Hall–Kier alpha value is -3.41. The molecule has 1 atom stereocenters. The molecule has 0 unspecified atom stereocenters. The molecule has 4 rings (SSSR count). The third-order valence-electron chi connectivity index (χ3n) is 5.27. The molecule has 1 fully saturated rings. The highest BCUT2D eigenvalue weighted by Gasteiger charge is 2.29. The summed E-state index contributed by atoms with van der Waals surface area (Å²) in [6.45, 7) is 0.981.